The maximum Gasteiger partial charge on any atom is 0.224 e. The standard InChI is InChI=1S/C24H28ClFN4O2/c1-14-9-16(10-18(25)23(14)26)28-24-15(2)13-27-19-12-21(32-5)20(11-17(19)24)29-22(31)7-6-8-30(3)4/h9-13H,6-8H2,1-5H3,(H,27,28)(H,29,31). The minimum Gasteiger partial charge on any atom is -0.494 e. The molecule has 170 valence electrons. The van der Waals surface area contributed by atoms with Gasteiger partial charge in [-0.15, -0.1) is 0 Å². The molecule has 0 saturated heterocycles. The normalized spacial score (nSPS) is 11.1. The molecule has 0 radical (unpaired) electrons. The first-order chi connectivity index (χ1) is 15.2. The lowest BCUT2D eigenvalue weighted by molar-refractivity contribution is -0.116. The minimum atomic E-state index is -0.433. The van der Waals surface area contributed by atoms with E-state index in [0.717, 1.165) is 29.6 Å². The van der Waals surface area contributed by atoms with E-state index >= 15 is 0 Å². The maximum atomic E-state index is 13.9. The highest BCUT2D eigenvalue weighted by Gasteiger charge is 2.15. The summed E-state index contributed by atoms with van der Waals surface area (Å²) in [6, 6.07) is 6.88. The second-order valence-electron chi connectivity index (χ2n) is 8.05. The molecule has 32 heavy (non-hydrogen) atoms. The van der Waals surface area contributed by atoms with E-state index in [2.05, 4.69) is 15.6 Å². The van der Waals surface area contributed by atoms with Crippen LogP contribution in [0.1, 0.15) is 24.0 Å². The van der Waals surface area contributed by atoms with Crippen LogP contribution >= 0.6 is 11.6 Å². The van der Waals surface area contributed by atoms with Crippen LogP contribution in [0.3, 0.4) is 0 Å². The van der Waals surface area contributed by atoms with Crippen LogP contribution in [0.25, 0.3) is 10.9 Å². The highest BCUT2D eigenvalue weighted by atomic mass is 35.5. The van der Waals surface area contributed by atoms with Crippen molar-refractivity contribution in [2.24, 2.45) is 0 Å². The van der Waals surface area contributed by atoms with Crippen LogP contribution in [-0.4, -0.2) is 43.5 Å². The molecule has 2 aromatic carbocycles. The number of pyridine rings is 1. The zero-order valence-corrected chi connectivity index (χ0v) is 19.7. The molecule has 0 bridgehead atoms. The molecule has 8 heteroatoms. The lowest BCUT2D eigenvalue weighted by atomic mass is 10.1. The van der Waals surface area contributed by atoms with Gasteiger partial charge >= 0.3 is 0 Å². The van der Waals surface area contributed by atoms with E-state index in [-0.39, 0.29) is 10.9 Å². The minimum absolute atomic E-state index is 0.0517. The molecule has 3 rings (SSSR count). The predicted molar refractivity (Wildman–Crippen MR) is 129 cm³/mol. The molecule has 0 spiro atoms. The highest BCUT2D eigenvalue weighted by Crippen LogP contribution is 2.36. The molecule has 0 unspecified atom stereocenters. The zero-order valence-electron chi connectivity index (χ0n) is 19.0. The largest absolute Gasteiger partial charge is 0.494 e. The van der Waals surface area contributed by atoms with Gasteiger partial charge in [0.05, 0.1) is 29.0 Å². The number of ether oxygens (including phenoxy) is 1. The van der Waals surface area contributed by atoms with Gasteiger partial charge in [-0.1, -0.05) is 11.6 Å². The Morgan fingerprint density at radius 3 is 2.59 bits per heavy atom. The van der Waals surface area contributed by atoms with E-state index < -0.39 is 5.82 Å². The average molecular weight is 459 g/mol. The third kappa shape index (κ3) is 5.47. The number of fused-ring (bicyclic) bond motifs is 1. The summed E-state index contributed by atoms with van der Waals surface area (Å²) in [4.78, 5) is 19.0. The first-order valence-electron chi connectivity index (χ1n) is 10.3. The Labute approximate surface area is 192 Å². The first kappa shape index (κ1) is 23.8. The van der Waals surface area contributed by atoms with Gasteiger partial charge in [0.1, 0.15) is 11.6 Å². The SMILES string of the molecule is COc1cc2ncc(C)c(Nc3cc(C)c(F)c(Cl)c3)c2cc1NC(=O)CCCN(C)C. The molecule has 0 aliphatic heterocycles. The van der Waals surface area contributed by atoms with Crippen LogP contribution < -0.4 is 15.4 Å². The number of aryl methyl sites for hydroxylation is 2. The van der Waals surface area contributed by atoms with E-state index in [9.17, 15) is 9.18 Å². The van der Waals surface area contributed by atoms with Crippen molar-refractivity contribution in [3.05, 3.63) is 52.4 Å². The predicted octanol–water partition coefficient (Wildman–Crippen LogP) is 5.68. The zero-order chi connectivity index (χ0) is 23.4. The summed E-state index contributed by atoms with van der Waals surface area (Å²) in [6.07, 6.45) is 2.92. The van der Waals surface area contributed by atoms with Crippen LogP contribution in [0.5, 0.6) is 5.75 Å². The number of aromatic nitrogens is 1. The third-order valence-corrected chi connectivity index (χ3v) is 5.42. The molecule has 3 aromatic rings. The van der Waals surface area contributed by atoms with E-state index in [4.69, 9.17) is 16.3 Å². The number of benzene rings is 2. The monoisotopic (exact) mass is 458 g/mol. The van der Waals surface area contributed by atoms with Crippen LogP contribution in [0.15, 0.2) is 30.5 Å². The van der Waals surface area contributed by atoms with Crippen LogP contribution in [0, 0.1) is 19.7 Å². The van der Waals surface area contributed by atoms with Crippen molar-refractivity contribution >= 4 is 45.5 Å². The Kier molecular flexibility index (Phi) is 7.53. The summed E-state index contributed by atoms with van der Waals surface area (Å²) in [5.74, 6) is 0.0134. The topological polar surface area (TPSA) is 66.5 Å². The van der Waals surface area contributed by atoms with Crippen molar-refractivity contribution in [3.63, 3.8) is 0 Å². The van der Waals surface area contributed by atoms with Crippen molar-refractivity contribution in [1.29, 1.82) is 0 Å². The van der Waals surface area contributed by atoms with Gasteiger partial charge in [-0.05, 0) is 70.2 Å². The van der Waals surface area contributed by atoms with Gasteiger partial charge in [0.25, 0.3) is 0 Å². The fourth-order valence-electron chi connectivity index (χ4n) is 3.46. The summed E-state index contributed by atoms with van der Waals surface area (Å²) in [7, 11) is 5.51. The van der Waals surface area contributed by atoms with Crippen molar-refractivity contribution in [2.75, 3.05) is 38.4 Å². The number of halogens is 2. The molecule has 6 nitrogen and oxygen atoms in total. The number of rotatable bonds is 8. The second kappa shape index (κ2) is 10.1. The molecular weight excluding hydrogens is 431 g/mol. The van der Waals surface area contributed by atoms with Crippen LogP contribution in [0.2, 0.25) is 5.02 Å². The van der Waals surface area contributed by atoms with Crippen LogP contribution in [0.4, 0.5) is 21.5 Å². The van der Waals surface area contributed by atoms with Gasteiger partial charge in [-0.2, -0.15) is 0 Å². The molecule has 2 N–H and O–H groups in total. The fourth-order valence-corrected chi connectivity index (χ4v) is 3.73. The second-order valence-corrected chi connectivity index (χ2v) is 8.46. The van der Waals surface area contributed by atoms with Gasteiger partial charge in [0.15, 0.2) is 0 Å². The molecular formula is C24H28ClFN4O2. The lowest BCUT2D eigenvalue weighted by Gasteiger charge is -2.17. The van der Waals surface area contributed by atoms with E-state index in [0.29, 0.717) is 34.6 Å². The molecule has 1 heterocycles. The molecule has 0 aliphatic rings. The summed E-state index contributed by atoms with van der Waals surface area (Å²) in [6.45, 7) is 4.42. The Morgan fingerprint density at radius 1 is 1.19 bits per heavy atom. The number of carbonyl (C=O) groups is 1. The Bertz CT molecular complexity index is 1130. The number of carbonyl (C=O) groups excluding carboxylic acids is 1. The number of anilines is 3. The summed E-state index contributed by atoms with van der Waals surface area (Å²) in [5.41, 5.74) is 4.06. The summed E-state index contributed by atoms with van der Waals surface area (Å²) in [5, 5.41) is 7.14. The van der Waals surface area contributed by atoms with Crippen molar-refractivity contribution < 1.29 is 13.9 Å². The summed E-state index contributed by atoms with van der Waals surface area (Å²) < 4.78 is 19.4. The third-order valence-electron chi connectivity index (χ3n) is 5.14. The molecule has 0 aliphatic carbocycles. The number of amides is 1. The Balaban J connectivity index is 1.98. The smallest absolute Gasteiger partial charge is 0.224 e. The number of hydrogen-bond donors (Lipinski definition) is 2. The van der Waals surface area contributed by atoms with Crippen molar-refractivity contribution in [2.45, 2.75) is 26.7 Å². The number of nitrogens with zero attached hydrogens (tertiary/aromatic N) is 2. The molecule has 0 saturated carbocycles. The summed E-state index contributed by atoms with van der Waals surface area (Å²) >= 11 is 6.03. The Hall–Kier alpha value is -2.90. The van der Waals surface area contributed by atoms with Gasteiger partial charge in [-0.25, -0.2) is 4.39 Å². The maximum absolute atomic E-state index is 13.9. The van der Waals surface area contributed by atoms with Gasteiger partial charge in [-0.3, -0.25) is 9.78 Å². The Morgan fingerprint density at radius 2 is 1.94 bits per heavy atom. The highest BCUT2D eigenvalue weighted by molar-refractivity contribution is 6.31. The molecule has 0 fully saturated rings. The van der Waals surface area contributed by atoms with Crippen molar-refractivity contribution in [1.82, 2.24) is 9.88 Å². The molecule has 1 aromatic heterocycles. The lowest BCUT2D eigenvalue weighted by Crippen LogP contribution is -2.17. The number of nitrogens with one attached hydrogen (secondary N) is 2. The number of methoxy groups -OCH3 is 1. The quantitative estimate of drug-likeness (QED) is 0.454. The van der Waals surface area contributed by atoms with E-state index in [1.54, 1.807) is 38.4 Å². The van der Waals surface area contributed by atoms with Crippen LogP contribution in [-0.2, 0) is 4.79 Å². The van der Waals surface area contributed by atoms with E-state index in [1.807, 2.05) is 32.0 Å². The fraction of sp³-hybridized carbons (Fsp3) is 0.333. The number of hydrogen-bond acceptors (Lipinski definition) is 5. The van der Waals surface area contributed by atoms with Gasteiger partial charge < -0.3 is 20.3 Å². The molecule has 1 amide bonds. The first-order valence-corrected chi connectivity index (χ1v) is 10.7. The molecule has 0 atom stereocenters. The van der Waals surface area contributed by atoms with Gasteiger partial charge in [0.2, 0.25) is 5.91 Å². The average Bonchev–Trinajstić information content (AvgIpc) is 2.73. The van der Waals surface area contributed by atoms with Gasteiger partial charge in [0, 0.05) is 29.8 Å². The van der Waals surface area contributed by atoms with E-state index in [1.165, 1.54) is 0 Å². The van der Waals surface area contributed by atoms with Crippen molar-refractivity contribution in [3.8, 4) is 5.75 Å².